The molecule has 3 rings (SSSR count). The van der Waals surface area contributed by atoms with Crippen molar-refractivity contribution in [3.05, 3.63) is 63.9 Å². The Labute approximate surface area is 139 Å². The Hall–Kier alpha value is -2.65. The molecule has 0 radical (unpaired) electrons. The number of para-hydroxylation sites is 1. The summed E-state index contributed by atoms with van der Waals surface area (Å²) in [5, 5.41) is 0.311. The molecule has 2 nitrogen and oxygen atoms in total. The van der Waals surface area contributed by atoms with Crippen molar-refractivity contribution in [2.45, 2.75) is 18.3 Å². The number of fused-ring (bicyclic) bond motifs is 3. The lowest BCUT2D eigenvalue weighted by Crippen LogP contribution is -2.39. The van der Waals surface area contributed by atoms with Gasteiger partial charge in [-0.2, -0.15) is 35.1 Å². The first-order valence-electron chi connectivity index (χ1n) is 6.95. The molecule has 0 aliphatic heterocycles. The Bertz CT molecular complexity index is 1060. The molecule has 0 amide bonds. The quantitative estimate of drug-likeness (QED) is 0.423. The number of nitrogens with zero attached hydrogens (tertiary/aromatic N) is 1. The van der Waals surface area contributed by atoms with Crippen molar-refractivity contribution in [1.29, 1.82) is 0 Å². The molecule has 2 aromatic heterocycles. The molecule has 0 atom stereocenters. The number of halogens is 8. The Morgan fingerprint density at radius 2 is 1.42 bits per heavy atom. The summed E-state index contributed by atoms with van der Waals surface area (Å²) >= 11 is 0. The minimum atomic E-state index is -6.30. The summed E-state index contributed by atoms with van der Waals surface area (Å²) in [4.78, 5) is 12.3. The van der Waals surface area contributed by atoms with Crippen LogP contribution in [0.3, 0.4) is 0 Å². The van der Waals surface area contributed by atoms with Gasteiger partial charge in [0.25, 0.3) is 5.56 Å². The van der Waals surface area contributed by atoms with Crippen LogP contribution in [0.2, 0.25) is 0 Å². The van der Waals surface area contributed by atoms with Crippen molar-refractivity contribution in [1.82, 2.24) is 4.40 Å². The fourth-order valence-electron chi connectivity index (χ4n) is 2.68. The van der Waals surface area contributed by atoms with E-state index in [1.807, 2.05) is 0 Å². The molecule has 0 fully saturated rings. The van der Waals surface area contributed by atoms with Crippen LogP contribution >= 0.6 is 0 Å². The maximum atomic E-state index is 13.7. The second kappa shape index (κ2) is 5.42. The van der Waals surface area contributed by atoms with E-state index < -0.39 is 40.5 Å². The van der Waals surface area contributed by atoms with Gasteiger partial charge in [-0.3, -0.25) is 9.20 Å². The highest BCUT2D eigenvalue weighted by atomic mass is 19.4. The van der Waals surface area contributed by atoms with Crippen molar-refractivity contribution in [2.75, 3.05) is 0 Å². The molecular formula is C16H7F8NO. The number of hydrogen-bond acceptors (Lipinski definition) is 1. The van der Waals surface area contributed by atoms with Gasteiger partial charge in [0.05, 0.1) is 11.1 Å². The van der Waals surface area contributed by atoms with Crippen LogP contribution in [-0.2, 0) is 12.1 Å². The van der Waals surface area contributed by atoms with Crippen LogP contribution in [0.15, 0.2) is 47.3 Å². The van der Waals surface area contributed by atoms with Crippen LogP contribution in [0.5, 0.6) is 0 Å². The van der Waals surface area contributed by atoms with Crippen molar-refractivity contribution in [3.63, 3.8) is 0 Å². The lowest BCUT2D eigenvalue weighted by atomic mass is 10.0. The number of rotatable bonds is 1. The van der Waals surface area contributed by atoms with E-state index in [1.165, 1.54) is 30.3 Å². The molecule has 0 unspecified atom stereocenters. The molecule has 1 aromatic carbocycles. The van der Waals surface area contributed by atoms with Crippen molar-refractivity contribution in [2.24, 2.45) is 0 Å². The molecule has 0 N–H and O–H groups in total. The zero-order chi connectivity index (χ0) is 19.5. The zero-order valence-corrected chi connectivity index (χ0v) is 12.4. The highest BCUT2D eigenvalue weighted by Gasteiger charge is 2.62. The molecular weight excluding hydrogens is 374 g/mol. The molecule has 138 valence electrons. The van der Waals surface area contributed by atoms with Gasteiger partial charge in [-0.1, -0.05) is 24.3 Å². The van der Waals surface area contributed by atoms with Gasteiger partial charge in [0.2, 0.25) is 0 Å². The lowest BCUT2D eigenvalue weighted by molar-refractivity contribution is -0.291. The summed E-state index contributed by atoms with van der Waals surface area (Å²) in [6.45, 7) is 0. The zero-order valence-electron chi connectivity index (χ0n) is 12.4. The van der Waals surface area contributed by atoms with E-state index in [1.54, 1.807) is 0 Å². The summed E-state index contributed by atoms with van der Waals surface area (Å²) in [7, 11) is 0. The minimum absolute atomic E-state index is 0.0458. The smallest absolute Gasteiger partial charge is 0.276 e. The van der Waals surface area contributed by atoms with E-state index in [9.17, 15) is 39.9 Å². The third-order valence-corrected chi connectivity index (χ3v) is 3.83. The van der Waals surface area contributed by atoms with Gasteiger partial charge >= 0.3 is 18.3 Å². The molecule has 0 aliphatic rings. The Balaban J connectivity index is 2.56. The van der Waals surface area contributed by atoms with Gasteiger partial charge in [-0.05, 0) is 23.6 Å². The molecule has 0 bridgehead atoms. The number of alkyl halides is 8. The maximum Gasteiger partial charge on any atom is 0.458 e. The Kier molecular flexibility index (Phi) is 3.78. The molecule has 3 aromatic rings. The average molecular weight is 381 g/mol. The van der Waals surface area contributed by atoms with E-state index >= 15 is 0 Å². The molecule has 0 saturated carbocycles. The van der Waals surface area contributed by atoms with Gasteiger partial charge in [0.1, 0.15) is 5.56 Å². The number of benzene rings is 1. The minimum Gasteiger partial charge on any atom is -0.276 e. The standard InChI is InChI=1S/C16H7F8NO/c17-14(18,16(22,23)24)10-7-9-6-5-8-3-1-2-4-11(8)25(9)13(26)12(10)15(19,20)21/h1-7H. The summed E-state index contributed by atoms with van der Waals surface area (Å²) < 4.78 is 106. The lowest BCUT2D eigenvalue weighted by Gasteiger charge is -2.24. The second-order valence-electron chi connectivity index (χ2n) is 5.46. The highest BCUT2D eigenvalue weighted by Crippen LogP contribution is 2.47. The normalized spacial score (nSPS) is 13.5. The highest BCUT2D eigenvalue weighted by molar-refractivity contribution is 5.82. The first-order chi connectivity index (χ1) is 11.9. The molecule has 0 saturated heterocycles. The summed E-state index contributed by atoms with van der Waals surface area (Å²) in [5.74, 6) is -5.85. The van der Waals surface area contributed by atoms with Crippen molar-refractivity contribution < 1.29 is 35.1 Å². The van der Waals surface area contributed by atoms with Crippen LogP contribution in [0.25, 0.3) is 16.4 Å². The van der Waals surface area contributed by atoms with Crippen LogP contribution in [0.4, 0.5) is 35.1 Å². The van der Waals surface area contributed by atoms with Crippen LogP contribution in [-0.4, -0.2) is 10.6 Å². The maximum absolute atomic E-state index is 13.7. The number of pyridine rings is 2. The molecule has 0 spiro atoms. The SMILES string of the molecule is O=c1c(C(F)(F)F)c(C(F)(F)C(F)(F)F)cc2ccc3ccccc3n12. The Morgan fingerprint density at radius 1 is 0.808 bits per heavy atom. The van der Waals surface area contributed by atoms with E-state index in [-0.39, 0.29) is 11.6 Å². The van der Waals surface area contributed by atoms with Gasteiger partial charge in [0.15, 0.2) is 0 Å². The van der Waals surface area contributed by atoms with Crippen LogP contribution in [0, 0.1) is 0 Å². The molecule has 2 heterocycles. The van der Waals surface area contributed by atoms with E-state index in [2.05, 4.69) is 0 Å². The molecule has 10 heteroatoms. The third kappa shape index (κ3) is 2.60. The monoisotopic (exact) mass is 381 g/mol. The largest absolute Gasteiger partial charge is 0.458 e. The first-order valence-corrected chi connectivity index (χ1v) is 6.95. The third-order valence-electron chi connectivity index (χ3n) is 3.83. The van der Waals surface area contributed by atoms with Crippen molar-refractivity contribution in [3.8, 4) is 0 Å². The van der Waals surface area contributed by atoms with Crippen molar-refractivity contribution >= 4 is 16.4 Å². The van der Waals surface area contributed by atoms with E-state index in [0.29, 0.717) is 9.79 Å². The second-order valence-corrected chi connectivity index (χ2v) is 5.46. The summed E-state index contributed by atoms with van der Waals surface area (Å²) in [6.07, 6.45) is -12.0. The Morgan fingerprint density at radius 3 is 2.00 bits per heavy atom. The fraction of sp³-hybridized carbons (Fsp3) is 0.188. The predicted molar refractivity (Wildman–Crippen MR) is 76.1 cm³/mol. The first kappa shape index (κ1) is 18.2. The average Bonchev–Trinajstić information content (AvgIpc) is 2.51. The van der Waals surface area contributed by atoms with Gasteiger partial charge in [0, 0.05) is 5.52 Å². The van der Waals surface area contributed by atoms with Crippen LogP contribution < -0.4 is 5.56 Å². The van der Waals surface area contributed by atoms with E-state index in [4.69, 9.17) is 0 Å². The number of aromatic nitrogens is 1. The predicted octanol–water partition coefficient (Wildman–Crippen LogP) is 5.13. The summed E-state index contributed by atoms with van der Waals surface area (Å²) in [6, 6.07) is 7.96. The topological polar surface area (TPSA) is 21.5 Å². The molecule has 0 aliphatic carbocycles. The summed E-state index contributed by atoms with van der Waals surface area (Å²) in [5.41, 5.74) is -7.53. The van der Waals surface area contributed by atoms with E-state index in [0.717, 1.165) is 6.07 Å². The fourth-order valence-corrected chi connectivity index (χ4v) is 2.68. The van der Waals surface area contributed by atoms with Gasteiger partial charge in [-0.15, -0.1) is 0 Å². The number of hydrogen-bond donors (Lipinski definition) is 0. The van der Waals surface area contributed by atoms with Gasteiger partial charge in [-0.25, -0.2) is 0 Å². The van der Waals surface area contributed by atoms with Crippen LogP contribution in [0.1, 0.15) is 11.1 Å². The molecule has 26 heavy (non-hydrogen) atoms. The van der Waals surface area contributed by atoms with Gasteiger partial charge < -0.3 is 0 Å².